The number of rotatable bonds is 7. The maximum atomic E-state index is 13.6. The lowest BCUT2D eigenvalue weighted by Crippen LogP contribution is -2.29. The van der Waals surface area contributed by atoms with Crippen molar-refractivity contribution in [1.29, 1.82) is 0 Å². The maximum absolute atomic E-state index is 13.6. The molecule has 0 bridgehead atoms. The molecule has 1 heterocycles. The summed E-state index contributed by atoms with van der Waals surface area (Å²) >= 11 is 0. The Hall–Kier alpha value is -4.26. The van der Waals surface area contributed by atoms with Crippen molar-refractivity contribution in [3.63, 3.8) is 0 Å². The minimum Gasteiger partial charge on any atom is -0.507 e. The largest absolute Gasteiger partial charge is 0.507 e. The molecule has 0 aromatic heterocycles. The van der Waals surface area contributed by atoms with Crippen LogP contribution in [-0.2, 0) is 15.0 Å². The molecule has 7 nitrogen and oxygen atoms in total. The lowest BCUT2D eigenvalue weighted by molar-refractivity contribution is -0.132. The summed E-state index contributed by atoms with van der Waals surface area (Å²) in [6.45, 7) is 10.4. The minimum absolute atomic E-state index is 0.00209. The number of aliphatic hydroxyl groups excluding tert-OH is 1. The van der Waals surface area contributed by atoms with Gasteiger partial charge in [0.05, 0.1) is 32.4 Å². The van der Waals surface area contributed by atoms with Gasteiger partial charge in [-0.15, -0.1) is 0 Å². The number of carbonyl (C=O) groups is 2. The number of hydrogen-bond acceptors (Lipinski definition) is 6. The summed E-state index contributed by atoms with van der Waals surface area (Å²) in [7, 11) is 3.13. The van der Waals surface area contributed by atoms with Crippen LogP contribution in [0, 0.1) is 6.92 Å². The van der Waals surface area contributed by atoms with Crippen LogP contribution in [0.5, 0.6) is 17.2 Å². The number of hydrogen-bond donors (Lipinski definition) is 1. The van der Waals surface area contributed by atoms with Gasteiger partial charge in [-0.3, -0.25) is 14.5 Å². The van der Waals surface area contributed by atoms with Crippen molar-refractivity contribution in [2.45, 2.75) is 46.1 Å². The Kier molecular flexibility index (Phi) is 7.72. The predicted molar refractivity (Wildman–Crippen MR) is 152 cm³/mol. The predicted octanol–water partition coefficient (Wildman–Crippen LogP) is 6.33. The van der Waals surface area contributed by atoms with Crippen molar-refractivity contribution >= 4 is 23.1 Å². The Morgan fingerprint density at radius 1 is 0.923 bits per heavy atom. The molecule has 1 atom stereocenters. The van der Waals surface area contributed by atoms with E-state index >= 15 is 0 Å². The molecule has 3 aromatic carbocycles. The number of Topliss-reactive ketones (excluding diaryl/α,β-unsaturated/α-hetero) is 1. The first-order chi connectivity index (χ1) is 18.5. The van der Waals surface area contributed by atoms with E-state index in [2.05, 4.69) is 0 Å². The third-order valence-electron chi connectivity index (χ3n) is 6.81. The van der Waals surface area contributed by atoms with Crippen molar-refractivity contribution in [3.05, 3.63) is 88.5 Å². The van der Waals surface area contributed by atoms with Crippen LogP contribution in [0.2, 0.25) is 0 Å². The van der Waals surface area contributed by atoms with Gasteiger partial charge in [0.25, 0.3) is 11.7 Å². The van der Waals surface area contributed by atoms with Crippen molar-refractivity contribution in [2.75, 3.05) is 25.7 Å². The van der Waals surface area contributed by atoms with Gasteiger partial charge in [0.15, 0.2) is 11.5 Å². The van der Waals surface area contributed by atoms with Gasteiger partial charge in [-0.2, -0.15) is 0 Å². The average molecular weight is 530 g/mol. The number of nitrogens with zero attached hydrogens (tertiary/aromatic N) is 1. The van der Waals surface area contributed by atoms with E-state index in [0.717, 1.165) is 11.1 Å². The maximum Gasteiger partial charge on any atom is 0.300 e. The molecule has 1 fully saturated rings. The van der Waals surface area contributed by atoms with Crippen molar-refractivity contribution in [2.24, 2.45) is 0 Å². The topological polar surface area (TPSA) is 85.3 Å². The fourth-order valence-corrected chi connectivity index (χ4v) is 4.92. The number of carbonyl (C=O) groups excluding carboxylic acids is 2. The van der Waals surface area contributed by atoms with E-state index < -0.39 is 17.7 Å². The van der Waals surface area contributed by atoms with Crippen LogP contribution in [0.1, 0.15) is 56.0 Å². The molecular weight excluding hydrogens is 494 g/mol. The molecule has 204 valence electrons. The van der Waals surface area contributed by atoms with Gasteiger partial charge in [-0.25, -0.2) is 0 Å². The number of aliphatic hydroxyl groups is 1. The molecule has 0 aliphatic carbocycles. The SMILES string of the molecule is CCOc1ccc(C2/C(=C(\O)c3ccc(OC)c(C(C)(C)C)c3)C(=O)C(=O)N2c2cccc(C)c2)cc1OC. The molecule has 4 rings (SSSR count). The molecule has 0 saturated carbocycles. The van der Waals surface area contributed by atoms with Gasteiger partial charge in [0.1, 0.15) is 11.5 Å². The van der Waals surface area contributed by atoms with E-state index in [1.54, 1.807) is 43.5 Å². The molecule has 1 amide bonds. The Balaban J connectivity index is 1.98. The van der Waals surface area contributed by atoms with Crippen LogP contribution >= 0.6 is 0 Å². The summed E-state index contributed by atoms with van der Waals surface area (Å²) in [5, 5.41) is 11.7. The zero-order valence-electron chi connectivity index (χ0n) is 23.5. The number of aryl methyl sites for hydroxylation is 1. The Morgan fingerprint density at radius 3 is 2.23 bits per heavy atom. The highest BCUT2D eigenvalue weighted by atomic mass is 16.5. The highest BCUT2D eigenvalue weighted by Gasteiger charge is 2.47. The normalized spacial score (nSPS) is 16.9. The monoisotopic (exact) mass is 529 g/mol. The van der Waals surface area contributed by atoms with Crippen LogP contribution in [0.25, 0.3) is 5.76 Å². The third-order valence-corrected chi connectivity index (χ3v) is 6.81. The lowest BCUT2D eigenvalue weighted by atomic mass is 9.84. The molecule has 1 aliphatic rings. The molecule has 3 aromatic rings. The van der Waals surface area contributed by atoms with Gasteiger partial charge in [-0.1, -0.05) is 39.0 Å². The second-order valence-corrected chi connectivity index (χ2v) is 10.5. The highest BCUT2D eigenvalue weighted by molar-refractivity contribution is 6.51. The van der Waals surface area contributed by atoms with Crippen molar-refractivity contribution in [1.82, 2.24) is 0 Å². The van der Waals surface area contributed by atoms with Gasteiger partial charge >= 0.3 is 0 Å². The Morgan fingerprint density at radius 2 is 1.62 bits per heavy atom. The zero-order chi connectivity index (χ0) is 28.5. The van der Waals surface area contributed by atoms with Crippen molar-refractivity contribution in [3.8, 4) is 17.2 Å². The van der Waals surface area contributed by atoms with Gasteiger partial charge < -0.3 is 19.3 Å². The number of benzene rings is 3. The summed E-state index contributed by atoms with van der Waals surface area (Å²) in [5.74, 6) is -0.0593. The van der Waals surface area contributed by atoms with Crippen LogP contribution in [0.4, 0.5) is 5.69 Å². The molecular formula is C32H35NO6. The van der Waals surface area contributed by atoms with Crippen molar-refractivity contribution < 1.29 is 28.9 Å². The highest BCUT2D eigenvalue weighted by Crippen LogP contribution is 2.45. The van der Waals surface area contributed by atoms with E-state index in [1.165, 1.54) is 12.0 Å². The van der Waals surface area contributed by atoms with Gasteiger partial charge in [0.2, 0.25) is 0 Å². The summed E-state index contributed by atoms with van der Waals surface area (Å²) in [4.78, 5) is 28.6. The molecule has 1 unspecified atom stereocenters. The van der Waals surface area contributed by atoms with E-state index in [-0.39, 0.29) is 16.7 Å². The summed E-state index contributed by atoms with van der Waals surface area (Å²) in [5.41, 5.74) is 3.07. The molecule has 0 spiro atoms. The van der Waals surface area contributed by atoms with E-state index in [4.69, 9.17) is 14.2 Å². The lowest BCUT2D eigenvalue weighted by Gasteiger charge is -2.27. The standard InChI is InChI=1S/C32H35NO6/c1-8-39-25-15-12-20(18-26(25)38-7)28-27(30(35)31(36)33(28)22-11-9-10-19(2)16-22)29(34)21-13-14-24(37-6)23(17-21)32(3,4)5/h9-18,28,34H,8H2,1-7H3/b29-27+. The van der Waals surface area contributed by atoms with Gasteiger partial charge in [-0.05, 0) is 72.9 Å². The molecule has 1 N–H and O–H groups in total. The second-order valence-electron chi connectivity index (χ2n) is 10.5. The summed E-state index contributed by atoms with van der Waals surface area (Å²) in [6.07, 6.45) is 0. The molecule has 39 heavy (non-hydrogen) atoms. The first kappa shape index (κ1) is 27.8. The third kappa shape index (κ3) is 5.21. The Labute approximate surface area is 229 Å². The fourth-order valence-electron chi connectivity index (χ4n) is 4.92. The second kappa shape index (κ2) is 10.8. The van der Waals surface area contributed by atoms with E-state index in [1.807, 2.05) is 58.9 Å². The van der Waals surface area contributed by atoms with Crippen LogP contribution < -0.4 is 19.1 Å². The minimum atomic E-state index is -0.892. The van der Waals surface area contributed by atoms with Gasteiger partial charge in [0, 0.05) is 16.8 Å². The van der Waals surface area contributed by atoms with E-state index in [0.29, 0.717) is 40.7 Å². The van der Waals surface area contributed by atoms with Crippen LogP contribution in [0.15, 0.2) is 66.2 Å². The number of amides is 1. The molecule has 1 saturated heterocycles. The smallest absolute Gasteiger partial charge is 0.300 e. The molecule has 1 aliphatic heterocycles. The quantitative estimate of drug-likeness (QED) is 0.219. The Bertz CT molecular complexity index is 1450. The van der Waals surface area contributed by atoms with Crippen LogP contribution in [-0.4, -0.2) is 37.6 Å². The number of methoxy groups -OCH3 is 2. The van der Waals surface area contributed by atoms with E-state index in [9.17, 15) is 14.7 Å². The zero-order valence-corrected chi connectivity index (χ0v) is 23.5. The number of ether oxygens (including phenoxy) is 3. The van der Waals surface area contributed by atoms with Crippen LogP contribution in [0.3, 0.4) is 0 Å². The first-order valence-corrected chi connectivity index (χ1v) is 12.9. The summed E-state index contributed by atoms with van der Waals surface area (Å²) < 4.78 is 16.8. The summed E-state index contributed by atoms with van der Waals surface area (Å²) in [6, 6.07) is 17.0. The first-order valence-electron chi connectivity index (χ1n) is 12.9. The number of ketones is 1. The fraction of sp³-hybridized carbons (Fsp3) is 0.312. The molecule has 7 heteroatoms. The number of anilines is 1. The molecule has 0 radical (unpaired) electrons. The average Bonchev–Trinajstić information content (AvgIpc) is 3.17.